The summed E-state index contributed by atoms with van der Waals surface area (Å²) in [4.78, 5) is 24.8. The summed E-state index contributed by atoms with van der Waals surface area (Å²) in [5, 5.41) is 13.8. The van der Waals surface area contributed by atoms with Gasteiger partial charge in [-0.3, -0.25) is 5.32 Å². The number of hydrogen-bond acceptors (Lipinski definition) is 3. The summed E-state index contributed by atoms with van der Waals surface area (Å²) < 4.78 is 21.3. The topological polar surface area (TPSA) is 80.6 Å². The number of fused-ring (bicyclic) bond motifs is 1. The number of carboxylic acid groups (broad SMARTS) is 1. The second kappa shape index (κ2) is 8.23. The summed E-state index contributed by atoms with van der Waals surface area (Å²) in [6.07, 6.45) is 1.04. The number of hydrogen-bond donors (Lipinski definition) is 2. The number of ether oxygens (including phenoxy) is 1. The van der Waals surface area contributed by atoms with E-state index in [0.717, 1.165) is 0 Å². The quantitative estimate of drug-likeness (QED) is 0.502. The van der Waals surface area contributed by atoms with Crippen molar-refractivity contribution >= 4 is 40.3 Å². The van der Waals surface area contributed by atoms with Crippen LogP contribution >= 0.6 is 11.6 Å². The maximum atomic E-state index is 14.5. The summed E-state index contributed by atoms with van der Waals surface area (Å²) in [6.45, 7) is 6.91. The molecular weight excluding hydrogens is 423 g/mol. The van der Waals surface area contributed by atoms with Gasteiger partial charge in [-0.15, -0.1) is 0 Å². The van der Waals surface area contributed by atoms with Gasteiger partial charge >= 0.3 is 12.1 Å². The molecule has 2 aromatic carbocycles. The number of carbonyl (C=O) groups is 2. The predicted molar refractivity (Wildman–Crippen MR) is 118 cm³/mol. The Morgan fingerprint density at radius 1 is 1.16 bits per heavy atom. The lowest BCUT2D eigenvalue weighted by molar-refractivity contribution is -0.145. The van der Waals surface area contributed by atoms with Crippen molar-refractivity contribution in [3.8, 4) is 0 Å². The van der Waals surface area contributed by atoms with Gasteiger partial charge < -0.3 is 14.4 Å². The first-order chi connectivity index (χ1) is 14.5. The monoisotopic (exact) mass is 446 g/mol. The molecule has 0 fully saturated rings. The molecule has 164 valence electrons. The van der Waals surface area contributed by atoms with Gasteiger partial charge in [-0.2, -0.15) is 0 Å². The molecule has 0 aliphatic carbocycles. The summed E-state index contributed by atoms with van der Waals surface area (Å²) in [7, 11) is 0. The third kappa shape index (κ3) is 4.37. The summed E-state index contributed by atoms with van der Waals surface area (Å²) in [5.41, 5.74) is -1.21. The highest BCUT2D eigenvalue weighted by atomic mass is 35.5. The number of amides is 1. The fourth-order valence-electron chi connectivity index (χ4n) is 3.67. The second-order valence-electron chi connectivity index (χ2n) is 8.22. The molecule has 1 amide bonds. The smallest absolute Gasteiger partial charge is 0.412 e. The number of benzene rings is 2. The summed E-state index contributed by atoms with van der Waals surface area (Å²) >= 11 is 5.98. The lowest BCUT2D eigenvalue weighted by Crippen LogP contribution is -2.42. The summed E-state index contributed by atoms with van der Waals surface area (Å²) in [5.74, 6) is -1.72. The van der Waals surface area contributed by atoms with E-state index in [1.54, 1.807) is 64.2 Å². The Kier molecular flexibility index (Phi) is 6.00. The molecule has 1 aromatic heterocycles. The van der Waals surface area contributed by atoms with Gasteiger partial charge in [0.1, 0.15) is 11.4 Å². The number of aromatic nitrogens is 1. The van der Waals surface area contributed by atoms with Crippen LogP contribution in [-0.2, 0) is 15.1 Å². The highest BCUT2D eigenvalue weighted by Gasteiger charge is 2.41. The number of carbonyl (C=O) groups excluding carboxylic acids is 1. The van der Waals surface area contributed by atoms with Gasteiger partial charge in [0.05, 0.1) is 11.2 Å². The van der Waals surface area contributed by atoms with E-state index in [2.05, 4.69) is 5.32 Å². The molecule has 0 spiro atoms. The molecule has 1 heterocycles. The van der Waals surface area contributed by atoms with Crippen LogP contribution < -0.4 is 5.32 Å². The van der Waals surface area contributed by atoms with Crippen molar-refractivity contribution in [3.05, 3.63) is 65.1 Å². The first-order valence-electron chi connectivity index (χ1n) is 9.78. The maximum absolute atomic E-state index is 14.5. The van der Waals surface area contributed by atoms with Crippen LogP contribution in [0.15, 0.2) is 48.7 Å². The molecular formula is C23H24ClFN2O4. The zero-order chi connectivity index (χ0) is 23.0. The maximum Gasteiger partial charge on any atom is 0.412 e. The van der Waals surface area contributed by atoms with Gasteiger partial charge in [0.25, 0.3) is 0 Å². The summed E-state index contributed by atoms with van der Waals surface area (Å²) in [6, 6.07) is 10.6. The Morgan fingerprint density at radius 3 is 2.35 bits per heavy atom. The lowest BCUT2D eigenvalue weighted by Gasteiger charge is -2.32. The van der Waals surface area contributed by atoms with Crippen LogP contribution in [0.2, 0.25) is 5.02 Å². The molecule has 6 nitrogen and oxygen atoms in total. The third-order valence-electron chi connectivity index (χ3n) is 5.01. The van der Waals surface area contributed by atoms with E-state index in [0.29, 0.717) is 21.5 Å². The van der Waals surface area contributed by atoms with Crippen molar-refractivity contribution in [2.45, 2.75) is 45.3 Å². The number of carboxylic acids is 1. The molecule has 0 radical (unpaired) electrons. The zero-order valence-electron chi connectivity index (χ0n) is 17.7. The van der Waals surface area contributed by atoms with Crippen LogP contribution in [0, 0.1) is 5.82 Å². The first kappa shape index (κ1) is 22.6. The number of anilines is 1. The minimum atomic E-state index is -1.50. The van der Waals surface area contributed by atoms with Crippen molar-refractivity contribution < 1.29 is 23.8 Å². The van der Waals surface area contributed by atoms with Crippen molar-refractivity contribution in [2.75, 3.05) is 5.32 Å². The molecule has 3 rings (SSSR count). The largest absolute Gasteiger partial charge is 0.479 e. The van der Waals surface area contributed by atoms with E-state index in [9.17, 15) is 19.1 Å². The van der Waals surface area contributed by atoms with E-state index >= 15 is 0 Å². The Hall–Kier alpha value is -3.06. The van der Waals surface area contributed by atoms with E-state index < -0.39 is 29.0 Å². The van der Waals surface area contributed by atoms with E-state index in [-0.39, 0.29) is 12.1 Å². The number of nitrogens with one attached hydrogen (secondary N) is 1. The fraction of sp³-hybridized carbons (Fsp3) is 0.304. The molecule has 2 N–H and O–H groups in total. The number of aliphatic carboxylic acids is 1. The molecule has 1 atom stereocenters. The molecule has 0 aliphatic rings. The van der Waals surface area contributed by atoms with Crippen molar-refractivity contribution in [1.29, 1.82) is 0 Å². The molecule has 0 saturated heterocycles. The van der Waals surface area contributed by atoms with E-state index in [1.807, 2.05) is 0 Å². The number of rotatable bonds is 5. The zero-order valence-corrected chi connectivity index (χ0v) is 18.5. The third-order valence-corrected chi connectivity index (χ3v) is 5.26. The Bertz CT molecular complexity index is 1130. The average molecular weight is 447 g/mol. The van der Waals surface area contributed by atoms with Gasteiger partial charge in [0, 0.05) is 16.6 Å². The second-order valence-corrected chi connectivity index (χ2v) is 8.66. The number of halogens is 2. The molecule has 3 aromatic rings. The Balaban J connectivity index is 2.18. The first-order valence-corrected chi connectivity index (χ1v) is 10.2. The van der Waals surface area contributed by atoms with Crippen molar-refractivity contribution in [2.24, 2.45) is 0 Å². The Labute approximate surface area is 184 Å². The molecule has 1 unspecified atom stereocenters. The molecule has 0 saturated carbocycles. The van der Waals surface area contributed by atoms with Gasteiger partial charge in [-0.1, -0.05) is 30.7 Å². The molecule has 8 heteroatoms. The lowest BCUT2D eigenvalue weighted by atomic mass is 9.86. The van der Waals surface area contributed by atoms with E-state index in [4.69, 9.17) is 16.3 Å². The van der Waals surface area contributed by atoms with Crippen molar-refractivity contribution in [3.63, 3.8) is 0 Å². The normalized spacial score (nSPS) is 13.6. The molecule has 0 bridgehead atoms. The van der Waals surface area contributed by atoms with Gasteiger partial charge in [0.2, 0.25) is 0 Å². The van der Waals surface area contributed by atoms with Crippen LogP contribution in [0.1, 0.15) is 39.7 Å². The van der Waals surface area contributed by atoms with Gasteiger partial charge in [-0.05, 0) is 63.1 Å². The fourth-order valence-corrected chi connectivity index (χ4v) is 3.80. The van der Waals surface area contributed by atoms with Crippen LogP contribution in [0.25, 0.3) is 10.9 Å². The number of nitrogens with zero attached hydrogens (tertiary/aromatic N) is 1. The highest BCUT2D eigenvalue weighted by molar-refractivity contribution is 6.30. The van der Waals surface area contributed by atoms with Crippen LogP contribution in [0.4, 0.5) is 14.9 Å². The van der Waals surface area contributed by atoms with Crippen LogP contribution in [0.5, 0.6) is 0 Å². The predicted octanol–water partition coefficient (Wildman–Crippen LogP) is 6.02. The highest BCUT2D eigenvalue weighted by Crippen LogP contribution is 2.37. The van der Waals surface area contributed by atoms with Crippen LogP contribution in [0.3, 0.4) is 0 Å². The minimum absolute atomic E-state index is 0.189. The Morgan fingerprint density at radius 2 is 1.81 bits per heavy atom. The average Bonchev–Trinajstić information content (AvgIpc) is 3.06. The van der Waals surface area contributed by atoms with Crippen molar-refractivity contribution in [1.82, 2.24) is 4.57 Å². The molecule has 0 aliphatic heterocycles. The van der Waals surface area contributed by atoms with Crippen LogP contribution in [-0.4, -0.2) is 27.3 Å². The van der Waals surface area contributed by atoms with Gasteiger partial charge in [-0.25, -0.2) is 14.0 Å². The standard InChI is InChI=1S/C23H24ClFN2O4/c1-5-23(20(28)29,14-6-8-15(24)9-7-14)27-11-10-17-18(12-16(25)13-19(17)27)26-21(30)31-22(2,3)4/h6-13H,5H2,1-4H3,(H,26,30)(H,28,29). The van der Waals surface area contributed by atoms with Gasteiger partial charge in [0.15, 0.2) is 5.54 Å². The minimum Gasteiger partial charge on any atom is -0.479 e. The van der Waals surface area contributed by atoms with E-state index in [1.165, 1.54) is 16.7 Å². The molecule has 31 heavy (non-hydrogen) atoms. The SMILES string of the molecule is CCC(C(=O)O)(c1ccc(Cl)cc1)n1ccc2c(NC(=O)OC(C)(C)C)cc(F)cc21.